The Kier molecular flexibility index (Phi) is 7.78. The Labute approximate surface area is 328 Å². The van der Waals surface area contributed by atoms with Crippen LogP contribution in [0.25, 0.3) is 87.1 Å². The maximum absolute atomic E-state index is 5.11. The highest BCUT2D eigenvalue weighted by atomic mass is 32.1. The molecular weight excluding hydrogens is 701 g/mol. The molecule has 1 atom stereocenters. The molecular formula is C51H34N4S. The summed E-state index contributed by atoms with van der Waals surface area (Å²) in [4.78, 5) is 15.2. The minimum atomic E-state index is -0.0238. The first-order valence-electron chi connectivity index (χ1n) is 19.0. The summed E-state index contributed by atoms with van der Waals surface area (Å²) in [5.41, 5.74) is 10.4. The summed E-state index contributed by atoms with van der Waals surface area (Å²) >= 11 is 1.86. The molecule has 56 heavy (non-hydrogen) atoms. The van der Waals surface area contributed by atoms with E-state index in [1.54, 1.807) is 0 Å². The number of aromatic nitrogens is 4. The van der Waals surface area contributed by atoms with Crippen LogP contribution < -0.4 is 0 Å². The van der Waals surface area contributed by atoms with Gasteiger partial charge in [-0.2, -0.15) is 0 Å². The van der Waals surface area contributed by atoms with Crippen LogP contribution in [0.4, 0.5) is 0 Å². The van der Waals surface area contributed by atoms with Gasteiger partial charge < -0.3 is 4.57 Å². The van der Waals surface area contributed by atoms with Crippen LogP contribution in [0, 0.1) is 0 Å². The van der Waals surface area contributed by atoms with Crippen LogP contribution in [-0.4, -0.2) is 19.5 Å². The van der Waals surface area contributed by atoms with E-state index in [9.17, 15) is 0 Å². The van der Waals surface area contributed by atoms with Crippen LogP contribution in [0.1, 0.15) is 23.7 Å². The third kappa shape index (κ3) is 5.55. The van der Waals surface area contributed by atoms with Crippen LogP contribution in [0.2, 0.25) is 0 Å². The van der Waals surface area contributed by atoms with E-state index in [0.717, 1.165) is 29.1 Å². The normalized spacial score (nSPS) is 14.2. The molecule has 0 saturated heterocycles. The van der Waals surface area contributed by atoms with Gasteiger partial charge in [0.2, 0.25) is 0 Å². The summed E-state index contributed by atoms with van der Waals surface area (Å²) in [7, 11) is 0. The highest BCUT2D eigenvalue weighted by Gasteiger charge is 2.24. The first kappa shape index (κ1) is 32.5. The largest absolute Gasteiger partial charge is 0.309 e. The summed E-state index contributed by atoms with van der Waals surface area (Å²) < 4.78 is 5.04. The molecule has 11 rings (SSSR count). The summed E-state index contributed by atoms with van der Waals surface area (Å²) in [5, 5.41) is 5.12. The number of hydrogen-bond acceptors (Lipinski definition) is 4. The molecule has 4 nitrogen and oxygen atoms in total. The first-order chi connectivity index (χ1) is 27.7. The molecule has 0 radical (unpaired) electrons. The van der Waals surface area contributed by atoms with Crippen molar-refractivity contribution in [2.45, 2.75) is 12.3 Å². The predicted molar refractivity (Wildman–Crippen MR) is 234 cm³/mol. The highest BCUT2D eigenvalue weighted by molar-refractivity contribution is 7.25. The maximum Gasteiger partial charge on any atom is 0.163 e. The molecule has 0 amide bonds. The standard InChI is InChI=1S/C51H34N4S/c1-4-14-33(15-5-1)49-52-50(34-16-6-2-7-17-34)54-51(53-49)38-19-12-18-37(30-38)40-23-13-24-45-48(40)43-31-35(27-29-44(43)55(45)39-20-8-3-9-21-39)36-26-28-42-41-22-10-11-25-46(41)56-47(42)32-36/h1-29,31-32,38H,30H2. The summed E-state index contributed by atoms with van der Waals surface area (Å²) in [6, 6.07) is 60.5. The van der Waals surface area contributed by atoms with Crippen molar-refractivity contribution in [3.63, 3.8) is 0 Å². The topological polar surface area (TPSA) is 43.6 Å². The third-order valence-corrected chi connectivity index (χ3v) is 12.1. The number of thiophene rings is 1. The van der Waals surface area contributed by atoms with Crippen LogP contribution in [0.15, 0.2) is 188 Å². The molecule has 0 N–H and O–H groups in total. The second-order valence-electron chi connectivity index (χ2n) is 14.4. The van der Waals surface area contributed by atoms with Crippen LogP contribution in [0.5, 0.6) is 0 Å². The van der Waals surface area contributed by atoms with Crippen molar-refractivity contribution in [1.82, 2.24) is 19.5 Å². The Morgan fingerprint density at radius 2 is 1.16 bits per heavy atom. The Balaban J connectivity index is 1.05. The van der Waals surface area contributed by atoms with Gasteiger partial charge in [0.05, 0.1) is 11.0 Å². The molecule has 0 fully saturated rings. The molecule has 3 aromatic heterocycles. The summed E-state index contributed by atoms with van der Waals surface area (Å²) in [6.07, 6.45) is 7.45. The third-order valence-electron chi connectivity index (χ3n) is 11.0. The molecule has 1 aliphatic carbocycles. The Morgan fingerprint density at radius 3 is 1.93 bits per heavy atom. The number of benzene rings is 7. The molecule has 0 bridgehead atoms. The van der Waals surface area contributed by atoms with Crippen molar-refractivity contribution in [3.05, 3.63) is 199 Å². The molecule has 3 heterocycles. The van der Waals surface area contributed by atoms with Crippen LogP contribution >= 0.6 is 11.3 Å². The number of allylic oxidation sites excluding steroid dienone is 4. The van der Waals surface area contributed by atoms with Crippen molar-refractivity contribution >= 4 is 58.9 Å². The van der Waals surface area contributed by atoms with Gasteiger partial charge in [-0.3, -0.25) is 0 Å². The fourth-order valence-electron chi connectivity index (χ4n) is 8.33. The molecule has 7 aromatic carbocycles. The molecule has 0 aliphatic heterocycles. The van der Waals surface area contributed by atoms with E-state index in [2.05, 4.69) is 156 Å². The molecule has 264 valence electrons. The zero-order valence-corrected chi connectivity index (χ0v) is 31.2. The number of hydrogen-bond donors (Lipinski definition) is 0. The lowest BCUT2D eigenvalue weighted by atomic mass is 9.87. The fourth-order valence-corrected chi connectivity index (χ4v) is 9.47. The fraction of sp³-hybridized carbons (Fsp3) is 0.0392. The van der Waals surface area contributed by atoms with Crippen molar-refractivity contribution in [1.29, 1.82) is 0 Å². The lowest BCUT2D eigenvalue weighted by Gasteiger charge is -2.20. The van der Waals surface area contributed by atoms with E-state index in [0.29, 0.717) is 11.6 Å². The average Bonchev–Trinajstić information content (AvgIpc) is 3.82. The van der Waals surface area contributed by atoms with Crippen molar-refractivity contribution < 1.29 is 0 Å². The van der Waals surface area contributed by atoms with Crippen LogP contribution in [0.3, 0.4) is 0 Å². The lowest BCUT2D eigenvalue weighted by molar-refractivity contribution is 0.773. The number of rotatable bonds is 6. The van der Waals surface area contributed by atoms with E-state index in [-0.39, 0.29) is 5.92 Å². The van der Waals surface area contributed by atoms with Gasteiger partial charge in [0, 0.05) is 53.7 Å². The van der Waals surface area contributed by atoms with E-state index >= 15 is 0 Å². The second kappa shape index (κ2) is 13.4. The van der Waals surface area contributed by atoms with Gasteiger partial charge in [0.1, 0.15) is 5.82 Å². The lowest BCUT2D eigenvalue weighted by Crippen LogP contribution is -2.09. The van der Waals surface area contributed by atoms with Crippen molar-refractivity contribution in [2.75, 3.05) is 0 Å². The minimum Gasteiger partial charge on any atom is -0.309 e. The van der Waals surface area contributed by atoms with Gasteiger partial charge in [-0.15, -0.1) is 11.3 Å². The molecule has 1 unspecified atom stereocenters. The zero-order valence-electron chi connectivity index (χ0n) is 30.4. The quantitative estimate of drug-likeness (QED) is 0.171. The minimum absolute atomic E-state index is 0.0238. The highest BCUT2D eigenvalue weighted by Crippen LogP contribution is 2.43. The molecule has 0 spiro atoms. The van der Waals surface area contributed by atoms with Gasteiger partial charge >= 0.3 is 0 Å². The van der Waals surface area contributed by atoms with Crippen molar-refractivity contribution in [3.8, 4) is 39.6 Å². The zero-order chi connectivity index (χ0) is 37.0. The van der Waals surface area contributed by atoms with Crippen LogP contribution in [-0.2, 0) is 0 Å². The molecule has 1 aliphatic rings. The van der Waals surface area contributed by atoms with Gasteiger partial charge in [-0.1, -0.05) is 146 Å². The average molecular weight is 735 g/mol. The number of para-hydroxylation sites is 1. The predicted octanol–water partition coefficient (Wildman–Crippen LogP) is 13.5. The van der Waals surface area contributed by atoms with Gasteiger partial charge in [-0.25, -0.2) is 15.0 Å². The Bertz CT molecular complexity index is 3100. The number of fused-ring (bicyclic) bond motifs is 6. The number of nitrogens with zero attached hydrogens (tertiary/aromatic N) is 4. The van der Waals surface area contributed by atoms with E-state index in [1.807, 2.05) is 47.7 Å². The summed E-state index contributed by atoms with van der Waals surface area (Å²) in [6.45, 7) is 0. The van der Waals surface area contributed by atoms with E-state index in [4.69, 9.17) is 15.0 Å². The van der Waals surface area contributed by atoms with Gasteiger partial charge in [0.15, 0.2) is 11.6 Å². The Hall–Kier alpha value is -6.95. The SMILES string of the molecule is C1=CC(c2nc(-c3ccccc3)nc(-c3ccccc3)n2)CC(c2cccc3c2c2cc(-c4ccc5c(c4)sc4ccccc45)ccc2n3-c2ccccc2)=C1. The Morgan fingerprint density at radius 1 is 0.500 bits per heavy atom. The molecule has 0 saturated carbocycles. The molecule has 5 heteroatoms. The smallest absolute Gasteiger partial charge is 0.163 e. The maximum atomic E-state index is 5.11. The second-order valence-corrected chi connectivity index (χ2v) is 15.5. The van der Waals surface area contributed by atoms with E-state index < -0.39 is 0 Å². The summed E-state index contributed by atoms with van der Waals surface area (Å²) in [5.74, 6) is 2.13. The monoisotopic (exact) mass is 734 g/mol. The molecule has 10 aromatic rings. The van der Waals surface area contributed by atoms with Gasteiger partial charge in [0.25, 0.3) is 0 Å². The van der Waals surface area contributed by atoms with E-state index in [1.165, 1.54) is 64.2 Å². The van der Waals surface area contributed by atoms with Gasteiger partial charge in [-0.05, 0) is 71.1 Å². The first-order valence-corrected chi connectivity index (χ1v) is 19.9. The van der Waals surface area contributed by atoms with Crippen molar-refractivity contribution in [2.24, 2.45) is 0 Å².